The van der Waals surface area contributed by atoms with Gasteiger partial charge in [-0.25, -0.2) is 0 Å². The number of aryl methyl sites for hydroxylation is 1. The molecule has 20 heavy (non-hydrogen) atoms. The summed E-state index contributed by atoms with van der Waals surface area (Å²) in [6, 6.07) is 4.87. The fourth-order valence-electron chi connectivity index (χ4n) is 1.98. The average molecular weight is 278 g/mol. The minimum Gasteiger partial charge on any atom is -0.507 e. The van der Waals surface area contributed by atoms with Gasteiger partial charge in [0, 0.05) is 20.1 Å². The maximum atomic E-state index is 12.2. The van der Waals surface area contributed by atoms with Crippen molar-refractivity contribution in [1.29, 1.82) is 0 Å². The van der Waals surface area contributed by atoms with Crippen LogP contribution < -0.4 is 0 Å². The number of likely N-dealkylation sites (N-methyl/N-ethyl adjacent to an activating group) is 2. The molecule has 1 rings (SSSR count). The highest BCUT2D eigenvalue weighted by Crippen LogP contribution is 2.19. The van der Waals surface area contributed by atoms with Crippen molar-refractivity contribution >= 4 is 11.8 Å². The fourth-order valence-corrected chi connectivity index (χ4v) is 1.98. The second kappa shape index (κ2) is 6.93. The van der Waals surface area contributed by atoms with Gasteiger partial charge in [-0.2, -0.15) is 0 Å². The normalized spacial score (nSPS) is 10.2. The van der Waals surface area contributed by atoms with Crippen LogP contribution in [-0.4, -0.2) is 53.4 Å². The molecular formula is C15H22N2O3. The van der Waals surface area contributed by atoms with E-state index < -0.39 is 0 Å². The smallest absolute Gasteiger partial charge is 0.257 e. The highest BCUT2D eigenvalue weighted by Gasteiger charge is 2.19. The number of carbonyl (C=O) groups is 2. The van der Waals surface area contributed by atoms with Crippen molar-refractivity contribution in [1.82, 2.24) is 9.80 Å². The van der Waals surface area contributed by atoms with Gasteiger partial charge in [0.05, 0.1) is 12.1 Å². The molecule has 0 aromatic heterocycles. The number of amides is 2. The molecule has 0 fully saturated rings. The molecule has 2 amide bonds. The van der Waals surface area contributed by atoms with Crippen LogP contribution >= 0.6 is 0 Å². The molecule has 5 nitrogen and oxygen atoms in total. The van der Waals surface area contributed by atoms with E-state index in [0.717, 1.165) is 5.56 Å². The number of benzene rings is 1. The Morgan fingerprint density at radius 1 is 1.20 bits per heavy atom. The zero-order valence-corrected chi connectivity index (χ0v) is 12.5. The van der Waals surface area contributed by atoms with Crippen LogP contribution in [0.1, 0.15) is 29.8 Å². The Morgan fingerprint density at radius 2 is 1.80 bits per heavy atom. The lowest BCUT2D eigenvalue weighted by atomic mass is 10.1. The summed E-state index contributed by atoms with van der Waals surface area (Å²) in [5, 5.41) is 9.80. The first kappa shape index (κ1) is 16.0. The lowest BCUT2D eigenvalue weighted by molar-refractivity contribution is -0.131. The topological polar surface area (TPSA) is 60.9 Å². The fraction of sp³-hybridized carbons (Fsp3) is 0.467. The lowest BCUT2D eigenvalue weighted by Crippen LogP contribution is -2.41. The predicted octanol–water partition coefficient (Wildman–Crippen LogP) is 1.64. The summed E-state index contributed by atoms with van der Waals surface area (Å²) in [4.78, 5) is 27.2. The van der Waals surface area contributed by atoms with E-state index in [1.54, 1.807) is 24.1 Å². The molecular weight excluding hydrogens is 256 g/mol. The molecule has 5 heteroatoms. The van der Waals surface area contributed by atoms with Gasteiger partial charge in [0.25, 0.3) is 5.91 Å². The second-order valence-corrected chi connectivity index (χ2v) is 4.75. The second-order valence-electron chi connectivity index (χ2n) is 4.75. The van der Waals surface area contributed by atoms with E-state index in [-0.39, 0.29) is 29.7 Å². The van der Waals surface area contributed by atoms with E-state index in [2.05, 4.69) is 0 Å². The zero-order valence-electron chi connectivity index (χ0n) is 12.5. The van der Waals surface area contributed by atoms with E-state index in [1.807, 2.05) is 20.8 Å². The largest absolute Gasteiger partial charge is 0.507 e. The molecule has 0 spiro atoms. The molecule has 0 unspecified atom stereocenters. The monoisotopic (exact) mass is 278 g/mol. The molecule has 0 saturated heterocycles. The Bertz CT molecular complexity index is 496. The predicted molar refractivity (Wildman–Crippen MR) is 77.7 cm³/mol. The van der Waals surface area contributed by atoms with Gasteiger partial charge in [-0.3, -0.25) is 9.59 Å². The first-order chi connectivity index (χ1) is 9.40. The number of nitrogens with zero attached hydrogens (tertiary/aromatic N) is 2. The Labute approximate surface area is 119 Å². The first-order valence-corrected chi connectivity index (χ1v) is 6.73. The molecule has 0 heterocycles. The Hall–Kier alpha value is -2.04. The molecule has 1 aromatic carbocycles. The van der Waals surface area contributed by atoms with Gasteiger partial charge in [-0.15, -0.1) is 0 Å². The van der Waals surface area contributed by atoms with Crippen molar-refractivity contribution < 1.29 is 14.7 Å². The van der Waals surface area contributed by atoms with Gasteiger partial charge < -0.3 is 14.9 Å². The third-order valence-electron chi connectivity index (χ3n) is 3.22. The number of phenols is 1. The van der Waals surface area contributed by atoms with Gasteiger partial charge in [0.15, 0.2) is 0 Å². The molecule has 0 bridgehead atoms. The Kier molecular flexibility index (Phi) is 5.55. The molecule has 110 valence electrons. The summed E-state index contributed by atoms with van der Waals surface area (Å²) in [5.74, 6) is -0.516. The molecule has 0 saturated carbocycles. The first-order valence-electron chi connectivity index (χ1n) is 6.73. The van der Waals surface area contributed by atoms with Crippen LogP contribution in [0.25, 0.3) is 0 Å². The van der Waals surface area contributed by atoms with Crippen LogP contribution in [-0.2, 0) is 4.79 Å². The standard InChI is InChI=1S/C15H22N2O3/c1-5-17(6-2)14(19)10-16(4)15(20)12-8-7-11(3)9-13(12)18/h7-9,18H,5-6,10H2,1-4H3. The zero-order chi connectivity index (χ0) is 15.3. The number of hydrogen-bond donors (Lipinski definition) is 1. The van der Waals surface area contributed by atoms with Crippen molar-refractivity contribution in [3.63, 3.8) is 0 Å². The van der Waals surface area contributed by atoms with Crippen LogP contribution in [0.5, 0.6) is 5.75 Å². The van der Waals surface area contributed by atoms with Crippen molar-refractivity contribution in [3.8, 4) is 5.75 Å². The number of hydrogen-bond acceptors (Lipinski definition) is 3. The summed E-state index contributed by atoms with van der Waals surface area (Å²) in [6.45, 7) is 6.87. The van der Waals surface area contributed by atoms with Gasteiger partial charge >= 0.3 is 0 Å². The van der Waals surface area contributed by atoms with E-state index in [0.29, 0.717) is 13.1 Å². The number of rotatable bonds is 5. The van der Waals surface area contributed by atoms with Crippen LogP contribution in [0.15, 0.2) is 18.2 Å². The number of phenolic OH excluding ortho intramolecular Hbond substituents is 1. The van der Waals surface area contributed by atoms with E-state index in [4.69, 9.17) is 0 Å². The highest BCUT2D eigenvalue weighted by molar-refractivity contribution is 5.98. The molecule has 0 aliphatic heterocycles. The molecule has 0 aliphatic rings. The minimum atomic E-state index is -0.358. The van der Waals surface area contributed by atoms with E-state index in [9.17, 15) is 14.7 Å². The average Bonchev–Trinajstić information content (AvgIpc) is 2.39. The van der Waals surface area contributed by atoms with Crippen LogP contribution in [0.4, 0.5) is 0 Å². The van der Waals surface area contributed by atoms with Gasteiger partial charge in [-0.05, 0) is 38.5 Å². The van der Waals surface area contributed by atoms with Gasteiger partial charge in [0.1, 0.15) is 5.75 Å². The summed E-state index contributed by atoms with van der Waals surface area (Å²) in [6.07, 6.45) is 0. The minimum absolute atomic E-state index is 0.00777. The third-order valence-corrected chi connectivity index (χ3v) is 3.22. The van der Waals surface area contributed by atoms with Crippen molar-refractivity contribution in [3.05, 3.63) is 29.3 Å². The van der Waals surface area contributed by atoms with Crippen molar-refractivity contribution in [2.24, 2.45) is 0 Å². The molecule has 1 aromatic rings. The maximum absolute atomic E-state index is 12.2. The Morgan fingerprint density at radius 3 is 2.30 bits per heavy atom. The van der Waals surface area contributed by atoms with Crippen LogP contribution in [0.3, 0.4) is 0 Å². The SMILES string of the molecule is CCN(CC)C(=O)CN(C)C(=O)c1ccc(C)cc1O. The molecule has 0 radical (unpaired) electrons. The van der Waals surface area contributed by atoms with E-state index >= 15 is 0 Å². The van der Waals surface area contributed by atoms with Crippen molar-refractivity contribution in [2.75, 3.05) is 26.7 Å². The van der Waals surface area contributed by atoms with Crippen LogP contribution in [0, 0.1) is 6.92 Å². The number of carbonyl (C=O) groups excluding carboxylic acids is 2. The maximum Gasteiger partial charge on any atom is 0.257 e. The molecule has 1 N–H and O–H groups in total. The van der Waals surface area contributed by atoms with Crippen LogP contribution in [0.2, 0.25) is 0 Å². The third kappa shape index (κ3) is 3.73. The quantitative estimate of drug-likeness (QED) is 0.890. The highest BCUT2D eigenvalue weighted by atomic mass is 16.3. The molecule has 0 aliphatic carbocycles. The van der Waals surface area contributed by atoms with Gasteiger partial charge in [-0.1, -0.05) is 6.07 Å². The molecule has 0 atom stereocenters. The van der Waals surface area contributed by atoms with Crippen molar-refractivity contribution in [2.45, 2.75) is 20.8 Å². The lowest BCUT2D eigenvalue weighted by Gasteiger charge is -2.23. The van der Waals surface area contributed by atoms with E-state index in [1.165, 1.54) is 11.0 Å². The summed E-state index contributed by atoms with van der Waals surface area (Å²) in [7, 11) is 1.56. The summed E-state index contributed by atoms with van der Waals surface area (Å²) < 4.78 is 0. The Balaban J connectivity index is 2.79. The summed E-state index contributed by atoms with van der Waals surface area (Å²) in [5.41, 5.74) is 1.09. The summed E-state index contributed by atoms with van der Waals surface area (Å²) >= 11 is 0. The van der Waals surface area contributed by atoms with Gasteiger partial charge in [0.2, 0.25) is 5.91 Å². The number of aromatic hydroxyl groups is 1.